The zero-order valence-corrected chi connectivity index (χ0v) is 12.4. The molecule has 1 amide bonds. The van der Waals surface area contributed by atoms with Gasteiger partial charge in [0, 0.05) is 12.7 Å². The van der Waals surface area contributed by atoms with Crippen LogP contribution in [0, 0.1) is 0 Å². The predicted molar refractivity (Wildman–Crippen MR) is 81.5 cm³/mol. The number of pyridine rings is 1. The highest BCUT2D eigenvalue weighted by atomic mass is 32.1. The van der Waals surface area contributed by atoms with Gasteiger partial charge >= 0.3 is 0 Å². The van der Waals surface area contributed by atoms with E-state index in [-0.39, 0.29) is 5.91 Å². The van der Waals surface area contributed by atoms with Gasteiger partial charge in [-0.05, 0) is 18.6 Å². The maximum atomic E-state index is 11.9. The number of hydrogen-bond donors (Lipinski definition) is 3. The van der Waals surface area contributed by atoms with E-state index in [4.69, 9.17) is 0 Å². The van der Waals surface area contributed by atoms with Gasteiger partial charge in [0.05, 0.1) is 11.7 Å². The van der Waals surface area contributed by atoms with Gasteiger partial charge in [-0.2, -0.15) is 0 Å². The van der Waals surface area contributed by atoms with Crippen LogP contribution in [-0.2, 0) is 0 Å². The van der Waals surface area contributed by atoms with Crippen molar-refractivity contribution in [3.05, 3.63) is 29.4 Å². The standard InChI is InChI=1S/C13H17N5O2S/c1-2-3-10(19)7-15-11-5-4-9(6-14-11)12(20)17-13-18-16-8-21-13/h4-6,8,10,19H,2-3,7H2,1H3,(H,14,15)(H,17,18,20). The number of anilines is 2. The molecule has 0 spiro atoms. The third-order valence-electron chi connectivity index (χ3n) is 2.75. The minimum Gasteiger partial charge on any atom is -0.391 e. The van der Waals surface area contributed by atoms with Crippen LogP contribution in [-0.4, -0.2) is 38.8 Å². The van der Waals surface area contributed by atoms with Crippen LogP contribution in [0.3, 0.4) is 0 Å². The van der Waals surface area contributed by atoms with Gasteiger partial charge in [-0.1, -0.05) is 24.7 Å². The van der Waals surface area contributed by atoms with Crippen LogP contribution in [0.4, 0.5) is 10.9 Å². The lowest BCUT2D eigenvalue weighted by Crippen LogP contribution is -2.19. The van der Waals surface area contributed by atoms with E-state index in [1.165, 1.54) is 17.5 Å². The number of rotatable bonds is 7. The molecule has 1 unspecified atom stereocenters. The Morgan fingerprint density at radius 2 is 2.33 bits per heavy atom. The zero-order valence-electron chi connectivity index (χ0n) is 11.6. The fourth-order valence-corrected chi connectivity index (χ4v) is 2.13. The molecule has 0 bridgehead atoms. The second kappa shape index (κ2) is 7.65. The van der Waals surface area contributed by atoms with E-state index in [0.29, 0.717) is 23.1 Å². The summed E-state index contributed by atoms with van der Waals surface area (Å²) in [5.41, 5.74) is 1.98. The number of nitrogens with zero attached hydrogens (tertiary/aromatic N) is 3. The quantitative estimate of drug-likeness (QED) is 0.720. The topological polar surface area (TPSA) is 100 Å². The van der Waals surface area contributed by atoms with E-state index in [1.54, 1.807) is 17.6 Å². The Bertz CT molecular complexity index is 558. The van der Waals surface area contributed by atoms with Crippen molar-refractivity contribution < 1.29 is 9.90 Å². The molecule has 2 heterocycles. The van der Waals surface area contributed by atoms with Gasteiger partial charge in [0.1, 0.15) is 11.3 Å². The molecule has 3 N–H and O–H groups in total. The molecular formula is C13H17N5O2S. The number of carbonyl (C=O) groups is 1. The first-order valence-corrected chi connectivity index (χ1v) is 7.52. The summed E-state index contributed by atoms with van der Waals surface area (Å²) in [6.45, 7) is 2.46. The summed E-state index contributed by atoms with van der Waals surface area (Å²) >= 11 is 1.25. The zero-order chi connectivity index (χ0) is 15.1. The first-order chi connectivity index (χ1) is 10.2. The molecule has 112 valence electrons. The lowest BCUT2D eigenvalue weighted by Gasteiger charge is -2.11. The summed E-state index contributed by atoms with van der Waals surface area (Å²) in [5.74, 6) is 0.342. The van der Waals surface area contributed by atoms with Crippen LogP contribution in [0.25, 0.3) is 0 Å². The van der Waals surface area contributed by atoms with E-state index in [1.807, 2.05) is 6.92 Å². The molecule has 0 aliphatic heterocycles. The van der Waals surface area contributed by atoms with Gasteiger partial charge in [-0.25, -0.2) is 4.98 Å². The van der Waals surface area contributed by atoms with Gasteiger partial charge in [0.2, 0.25) is 5.13 Å². The molecule has 0 aliphatic carbocycles. The van der Waals surface area contributed by atoms with Gasteiger partial charge in [-0.15, -0.1) is 10.2 Å². The molecule has 21 heavy (non-hydrogen) atoms. The van der Waals surface area contributed by atoms with E-state index >= 15 is 0 Å². The van der Waals surface area contributed by atoms with Gasteiger partial charge < -0.3 is 10.4 Å². The highest BCUT2D eigenvalue weighted by Crippen LogP contribution is 2.11. The Balaban J connectivity index is 1.88. The van der Waals surface area contributed by atoms with Crippen molar-refractivity contribution in [2.45, 2.75) is 25.9 Å². The van der Waals surface area contributed by atoms with Crippen LogP contribution < -0.4 is 10.6 Å². The smallest absolute Gasteiger partial charge is 0.259 e. The molecule has 0 saturated carbocycles. The lowest BCUT2D eigenvalue weighted by molar-refractivity contribution is 0.102. The van der Waals surface area contributed by atoms with Crippen molar-refractivity contribution in [2.24, 2.45) is 0 Å². The minimum absolute atomic E-state index is 0.281. The number of hydrogen-bond acceptors (Lipinski definition) is 7. The summed E-state index contributed by atoms with van der Waals surface area (Å²) in [7, 11) is 0. The molecule has 0 saturated heterocycles. The van der Waals surface area contributed by atoms with Gasteiger partial charge in [0.25, 0.3) is 5.91 Å². The number of aliphatic hydroxyl groups is 1. The summed E-state index contributed by atoms with van der Waals surface area (Å²) in [6.07, 6.45) is 2.76. The first kappa shape index (κ1) is 15.3. The maximum Gasteiger partial charge on any atom is 0.259 e. The van der Waals surface area contributed by atoms with Crippen LogP contribution in [0.5, 0.6) is 0 Å². The molecule has 7 nitrogen and oxygen atoms in total. The lowest BCUT2D eigenvalue weighted by atomic mass is 10.2. The Morgan fingerprint density at radius 1 is 1.48 bits per heavy atom. The third kappa shape index (κ3) is 4.76. The highest BCUT2D eigenvalue weighted by molar-refractivity contribution is 7.13. The third-order valence-corrected chi connectivity index (χ3v) is 3.35. The fraction of sp³-hybridized carbons (Fsp3) is 0.385. The molecule has 0 aliphatic rings. The first-order valence-electron chi connectivity index (χ1n) is 6.64. The second-order valence-electron chi connectivity index (χ2n) is 4.45. The van der Waals surface area contributed by atoms with Crippen molar-refractivity contribution in [3.8, 4) is 0 Å². The van der Waals surface area contributed by atoms with Crippen LogP contribution in [0.2, 0.25) is 0 Å². The number of aliphatic hydroxyl groups excluding tert-OH is 1. The van der Waals surface area contributed by atoms with Crippen molar-refractivity contribution in [1.82, 2.24) is 15.2 Å². The maximum absolute atomic E-state index is 11.9. The Morgan fingerprint density at radius 3 is 2.95 bits per heavy atom. The summed E-state index contributed by atoms with van der Waals surface area (Å²) < 4.78 is 0. The van der Waals surface area contributed by atoms with Gasteiger partial charge in [0.15, 0.2) is 0 Å². The van der Waals surface area contributed by atoms with Crippen molar-refractivity contribution >= 4 is 28.2 Å². The predicted octanol–water partition coefficient (Wildman–Crippen LogP) is 1.76. The number of amides is 1. The van der Waals surface area contributed by atoms with Crippen LogP contribution >= 0.6 is 11.3 Å². The van der Waals surface area contributed by atoms with Crippen LogP contribution in [0.1, 0.15) is 30.1 Å². The van der Waals surface area contributed by atoms with Crippen molar-refractivity contribution in [3.63, 3.8) is 0 Å². The Labute approximate surface area is 126 Å². The average Bonchev–Trinajstić information content (AvgIpc) is 2.99. The molecular weight excluding hydrogens is 290 g/mol. The van der Waals surface area contributed by atoms with Gasteiger partial charge in [-0.3, -0.25) is 10.1 Å². The molecule has 1 atom stereocenters. The summed E-state index contributed by atoms with van der Waals surface area (Å²) in [6, 6.07) is 3.37. The van der Waals surface area contributed by atoms with E-state index < -0.39 is 6.10 Å². The molecule has 0 radical (unpaired) electrons. The largest absolute Gasteiger partial charge is 0.391 e. The Hall–Kier alpha value is -2.06. The molecule has 0 aromatic carbocycles. The summed E-state index contributed by atoms with van der Waals surface area (Å²) in [5, 5.41) is 23.1. The van der Waals surface area contributed by atoms with Crippen LogP contribution in [0.15, 0.2) is 23.8 Å². The molecule has 2 rings (SSSR count). The molecule has 2 aromatic heterocycles. The average molecular weight is 307 g/mol. The Kier molecular flexibility index (Phi) is 5.59. The highest BCUT2D eigenvalue weighted by Gasteiger charge is 2.09. The molecule has 0 fully saturated rings. The van der Waals surface area contributed by atoms with E-state index in [2.05, 4.69) is 25.8 Å². The number of aromatic nitrogens is 3. The minimum atomic E-state index is -0.392. The van der Waals surface area contributed by atoms with E-state index in [0.717, 1.165) is 12.8 Å². The van der Waals surface area contributed by atoms with Crippen molar-refractivity contribution in [1.29, 1.82) is 0 Å². The monoisotopic (exact) mass is 307 g/mol. The molecule has 2 aromatic rings. The summed E-state index contributed by atoms with van der Waals surface area (Å²) in [4.78, 5) is 16.0. The second-order valence-corrected chi connectivity index (χ2v) is 5.29. The SMILES string of the molecule is CCCC(O)CNc1ccc(C(=O)Nc2nncs2)cn1. The number of nitrogens with one attached hydrogen (secondary N) is 2. The van der Waals surface area contributed by atoms with E-state index in [9.17, 15) is 9.90 Å². The number of carbonyl (C=O) groups excluding carboxylic acids is 1. The fourth-order valence-electron chi connectivity index (χ4n) is 1.69. The van der Waals surface area contributed by atoms with Crippen molar-refractivity contribution in [2.75, 3.05) is 17.2 Å². The normalized spacial score (nSPS) is 11.9. The molecule has 8 heteroatoms.